The predicted molar refractivity (Wildman–Crippen MR) is 55.4 cm³/mol. The minimum atomic E-state index is 0.791. The zero-order valence-electron chi connectivity index (χ0n) is 8.53. The van der Waals surface area contributed by atoms with Gasteiger partial charge in [0.1, 0.15) is 5.82 Å². The van der Waals surface area contributed by atoms with Gasteiger partial charge in [-0.05, 0) is 6.42 Å². The van der Waals surface area contributed by atoms with Crippen LogP contribution in [0, 0.1) is 5.41 Å². The first-order valence-corrected chi connectivity index (χ1v) is 5.06. The molecule has 1 fully saturated rings. The van der Waals surface area contributed by atoms with Crippen LogP contribution in [0.4, 0.5) is 0 Å². The maximum Gasteiger partial charge on any atom is 0.110 e. The molecular formula is C10H16N4. The van der Waals surface area contributed by atoms with E-state index in [1.165, 1.54) is 0 Å². The first kappa shape index (κ1) is 9.24. The number of hydrogen-bond donors (Lipinski definition) is 1. The monoisotopic (exact) mass is 192 g/mol. The quantitative estimate of drug-likeness (QED) is 0.777. The fourth-order valence-electron chi connectivity index (χ4n) is 1.85. The molecule has 0 saturated carbocycles. The molecule has 2 rings (SSSR count). The molecule has 1 aliphatic rings. The predicted octanol–water partition coefficient (Wildman–Crippen LogP) is 1.04. The van der Waals surface area contributed by atoms with Gasteiger partial charge in [-0.2, -0.15) is 0 Å². The molecule has 0 atom stereocenters. The molecule has 1 aliphatic heterocycles. The fourth-order valence-corrected chi connectivity index (χ4v) is 1.85. The highest BCUT2D eigenvalue weighted by Gasteiger charge is 2.16. The molecule has 0 aromatic carbocycles. The Morgan fingerprint density at radius 3 is 3.00 bits per heavy atom. The van der Waals surface area contributed by atoms with E-state index in [-0.39, 0.29) is 0 Å². The zero-order valence-corrected chi connectivity index (χ0v) is 8.53. The lowest BCUT2D eigenvalue weighted by Crippen LogP contribution is -2.27. The third kappa shape index (κ3) is 1.78. The van der Waals surface area contributed by atoms with Gasteiger partial charge in [0.25, 0.3) is 0 Å². The van der Waals surface area contributed by atoms with Crippen molar-refractivity contribution in [1.29, 1.82) is 5.41 Å². The van der Waals surface area contributed by atoms with Crippen LogP contribution >= 0.6 is 0 Å². The lowest BCUT2D eigenvalue weighted by atomic mass is 10.3. The van der Waals surface area contributed by atoms with E-state index in [2.05, 4.69) is 9.88 Å². The van der Waals surface area contributed by atoms with Crippen molar-refractivity contribution in [2.75, 3.05) is 13.1 Å². The molecule has 1 saturated heterocycles. The van der Waals surface area contributed by atoms with Crippen LogP contribution in [0.3, 0.4) is 0 Å². The molecule has 76 valence electrons. The molecular weight excluding hydrogens is 176 g/mol. The maximum absolute atomic E-state index is 7.69. The van der Waals surface area contributed by atoms with Gasteiger partial charge in [-0.25, -0.2) is 4.98 Å². The smallest absolute Gasteiger partial charge is 0.110 e. The number of rotatable bonds is 3. The topological polar surface area (TPSA) is 44.9 Å². The van der Waals surface area contributed by atoms with Gasteiger partial charge >= 0.3 is 0 Å². The normalized spacial score (nSPS) is 16.6. The minimum absolute atomic E-state index is 0.791. The summed E-state index contributed by atoms with van der Waals surface area (Å²) in [5, 5.41) is 7.69. The van der Waals surface area contributed by atoms with Gasteiger partial charge in [-0.3, -0.25) is 5.41 Å². The molecule has 0 unspecified atom stereocenters. The first-order valence-electron chi connectivity index (χ1n) is 5.06. The average Bonchev–Trinajstić information content (AvgIpc) is 2.72. The zero-order chi connectivity index (χ0) is 9.97. The van der Waals surface area contributed by atoms with E-state index in [1.54, 1.807) is 0 Å². The van der Waals surface area contributed by atoms with Gasteiger partial charge in [-0.1, -0.05) is 0 Å². The number of aryl methyl sites for hydroxylation is 1. The SMILES string of the molecule is Cn1ccnc1CCN1CCCC1=N. The van der Waals surface area contributed by atoms with Crippen molar-refractivity contribution in [2.24, 2.45) is 7.05 Å². The summed E-state index contributed by atoms with van der Waals surface area (Å²) in [6.45, 7) is 1.98. The summed E-state index contributed by atoms with van der Waals surface area (Å²) in [5.74, 6) is 1.89. The van der Waals surface area contributed by atoms with Crippen LogP contribution in [0.1, 0.15) is 18.7 Å². The Morgan fingerprint density at radius 1 is 1.57 bits per heavy atom. The van der Waals surface area contributed by atoms with Crippen molar-refractivity contribution in [2.45, 2.75) is 19.3 Å². The Labute approximate surface area is 84.1 Å². The van der Waals surface area contributed by atoms with Crippen LogP contribution < -0.4 is 0 Å². The lowest BCUT2D eigenvalue weighted by molar-refractivity contribution is 0.448. The van der Waals surface area contributed by atoms with Crippen LogP contribution in [-0.4, -0.2) is 33.4 Å². The van der Waals surface area contributed by atoms with Crippen molar-refractivity contribution in [3.05, 3.63) is 18.2 Å². The van der Waals surface area contributed by atoms with E-state index < -0.39 is 0 Å². The second-order valence-electron chi connectivity index (χ2n) is 3.74. The van der Waals surface area contributed by atoms with Gasteiger partial charge in [0.15, 0.2) is 0 Å². The van der Waals surface area contributed by atoms with Gasteiger partial charge in [0.2, 0.25) is 0 Å². The molecule has 1 aromatic rings. The van der Waals surface area contributed by atoms with E-state index in [0.717, 1.165) is 44.0 Å². The van der Waals surface area contributed by atoms with Crippen molar-refractivity contribution >= 4 is 5.84 Å². The molecule has 1 N–H and O–H groups in total. The number of nitrogens with one attached hydrogen (secondary N) is 1. The van der Waals surface area contributed by atoms with Gasteiger partial charge < -0.3 is 9.47 Å². The Bertz CT molecular complexity index is 329. The van der Waals surface area contributed by atoms with Gasteiger partial charge in [-0.15, -0.1) is 0 Å². The van der Waals surface area contributed by atoms with Crippen LogP contribution in [0.25, 0.3) is 0 Å². The summed E-state index contributed by atoms with van der Waals surface area (Å²) < 4.78 is 2.04. The van der Waals surface area contributed by atoms with Crippen LogP contribution in [0.2, 0.25) is 0 Å². The van der Waals surface area contributed by atoms with E-state index in [4.69, 9.17) is 5.41 Å². The molecule has 4 nitrogen and oxygen atoms in total. The summed E-state index contributed by atoms with van der Waals surface area (Å²) in [5.41, 5.74) is 0. The van der Waals surface area contributed by atoms with Crippen molar-refractivity contribution in [3.8, 4) is 0 Å². The lowest BCUT2D eigenvalue weighted by Gasteiger charge is -2.16. The summed E-state index contributed by atoms with van der Waals surface area (Å²) in [6, 6.07) is 0. The van der Waals surface area contributed by atoms with E-state index in [1.807, 2.05) is 24.0 Å². The number of nitrogens with zero attached hydrogens (tertiary/aromatic N) is 3. The van der Waals surface area contributed by atoms with E-state index in [9.17, 15) is 0 Å². The van der Waals surface area contributed by atoms with Crippen LogP contribution in [0.5, 0.6) is 0 Å². The van der Waals surface area contributed by atoms with Gasteiger partial charge in [0, 0.05) is 45.4 Å². The highest BCUT2D eigenvalue weighted by atomic mass is 15.2. The van der Waals surface area contributed by atoms with Gasteiger partial charge in [0.05, 0.1) is 5.84 Å². The minimum Gasteiger partial charge on any atom is -0.360 e. The number of amidine groups is 1. The van der Waals surface area contributed by atoms with Crippen molar-refractivity contribution in [3.63, 3.8) is 0 Å². The molecule has 2 heterocycles. The van der Waals surface area contributed by atoms with Crippen molar-refractivity contribution < 1.29 is 0 Å². The molecule has 0 bridgehead atoms. The van der Waals surface area contributed by atoms with Crippen LogP contribution in [-0.2, 0) is 13.5 Å². The highest BCUT2D eigenvalue weighted by Crippen LogP contribution is 2.10. The summed E-state index contributed by atoms with van der Waals surface area (Å²) in [4.78, 5) is 6.42. The molecule has 0 spiro atoms. The number of likely N-dealkylation sites (tertiary alicyclic amines) is 1. The van der Waals surface area contributed by atoms with Crippen molar-refractivity contribution in [1.82, 2.24) is 14.5 Å². The third-order valence-electron chi connectivity index (χ3n) is 2.75. The summed E-state index contributed by atoms with van der Waals surface area (Å²) in [6.07, 6.45) is 6.81. The Balaban J connectivity index is 1.88. The number of imidazole rings is 1. The highest BCUT2D eigenvalue weighted by molar-refractivity contribution is 5.80. The Kier molecular flexibility index (Phi) is 2.52. The second kappa shape index (κ2) is 3.82. The molecule has 0 aliphatic carbocycles. The molecule has 0 amide bonds. The van der Waals surface area contributed by atoms with E-state index >= 15 is 0 Å². The Hall–Kier alpha value is -1.32. The molecule has 14 heavy (non-hydrogen) atoms. The second-order valence-corrected chi connectivity index (χ2v) is 3.74. The Morgan fingerprint density at radius 2 is 2.43 bits per heavy atom. The summed E-state index contributed by atoms with van der Waals surface area (Å²) >= 11 is 0. The largest absolute Gasteiger partial charge is 0.360 e. The summed E-state index contributed by atoms with van der Waals surface area (Å²) in [7, 11) is 2.01. The first-order chi connectivity index (χ1) is 6.77. The average molecular weight is 192 g/mol. The maximum atomic E-state index is 7.69. The standard InChI is InChI=1S/C10H16N4/c1-13-8-5-12-10(13)4-7-14-6-2-3-9(14)11/h5,8,11H,2-4,6-7H2,1H3. The van der Waals surface area contributed by atoms with E-state index in [0.29, 0.717) is 0 Å². The molecule has 1 aromatic heterocycles. The number of aromatic nitrogens is 2. The van der Waals surface area contributed by atoms with Crippen LogP contribution in [0.15, 0.2) is 12.4 Å². The number of hydrogen-bond acceptors (Lipinski definition) is 2. The fraction of sp³-hybridized carbons (Fsp3) is 0.600. The third-order valence-corrected chi connectivity index (χ3v) is 2.75. The molecule has 0 radical (unpaired) electrons. The molecule has 4 heteroatoms.